The first-order chi connectivity index (χ1) is 10.2. The SMILES string of the molecule is COC(CN)CC(=O)N(CCC#N)CCN1CCOCC1. The quantitative estimate of drug-likeness (QED) is 0.612. The summed E-state index contributed by atoms with van der Waals surface area (Å²) < 4.78 is 10.5. The number of hydrogen-bond acceptors (Lipinski definition) is 6. The maximum absolute atomic E-state index is 12.3. The van der Waals surface area contributed by atoms with Crippen molar-refractivity contribution in [2.24, 2.45) is 5.73 Å². The fourth-order valence-corrected chi connectivity index (χ4v) is 2.22. The van der Waals surface area contributed by atoms with E-state index in [-0.39, 0.29) is 18.4 Å². The Kier molecular flexibility index (Phi) is 8.94. The van der Waals surface area contributed by atoms with Gasteiger partial charge in [0.1, 0.15) is 0 Å². The molecule has 0 spiro atoms. The molecule has 0 bridgehead atoms. The predicted octanol–water partition coefficient (Wildman–Crippen LogP) is -0.575. The second-order valence-electron chi connectivity index (χ2n) is 5.04. The highest BCUT2D eigenvalue weighted by Gasteiger charge is 2.19. The van der Waals surface area contributed by atoms with E-state index in [1.54, 1.807) is 12.0 Å². The number of nitrogens with two attached hydrogens (primary N) is 1. The third-order valence-corrected chi connectivity index (χ3v) is 3.63. The summed E-state index contributed by atoms with van der Waals surface area (Å²) >= 11 is 0. The third kappa shape index (κ3) is 6.87. The van der Waals surface area contributed by atoms with Crippen LogP contribution >= 0.6 is 0 Å². The lowest BCUT2D eigenvalue weighted by molar-refractivity contribution is -0.134. The molecule has 2 N–H and O–H groups in total. The number of hydrogen-bond donors (Lipinski definition) is 1. The lowest BCUT2D eigenvalue weighted by atomic mass is 10.2. The van der Waals surface area contributed by atoms with E-state index in [0.29, 0.717) is 26.1 Å². The number of carbonyl (C=O) groups excluding carboxylic acids is 1. The summed E-state index contributed by atoms with van der Waals surface area (Å²) in [4.78, 5) is 16.3. The molecule has 0 saturated carbocycles. The highest BCUT2D eigenvalue weighted by Crippen LogP contribution is 2.04. The molecular weight excluding hydrogens is 272 g/mol. The normalized spacial score (nSPS) is 17.2. The van der Waals surface area contributed by atoms with Crippen LogP contribution in [0.15, 0.2) is 0 Å². The van der Waals surface area contributed by atoms with Gasteiger partial charge in [-0.15, -0.1) is 0 Å². The third-order valence-electron chi connectivity index (χ3n) is 3.63. The van der Waals surface area contributed by atoms with Crippen LogP contribution in [0.2, 0.25) is 0 Å². The van der Waals surface area contributed by atoms with Crippen LogP contribution in [0.1, 0.15) is 12.8 Å². The maximum Gasteiger partial charge on any atom is 0.225 e. The number of ether oxygens (including phenoxy) is 2. The average Bonchev–Trinajstić information content (AvgIpc) is 2.53. The van der Waals surface area contributed by atoms with Crippen molar-refractivity contribution in [1.82, 2.24) is 9.80 Å². The number of carbonyl (C=O) groups is 1. The summed E-state index contributed by atoms with van der Waals surface area (Å²) in [7, 11) is 1.55. The van der Waals surface area contributed by atoms with Gasteiger partial charge in [-0.25, -0.2) is 0 Å². The van der Waals surface area contributed by atoms with E-state index in [9.17, 15) is 4.79 Å². The first-order valence-corrected chi connectivity index (χ1v) is 7.39. The molecule has 21 heavy (non-hydrogen) atoms. The minimum atomic E-state index is -0.259. The van der Waals surface area contributed by atoms with Gasteiger partial charge in [0.05, 0.1) is 38.2 Å². The molecule has 120 valence electrons. The van der Waals surface area contributed by atoms with E-state index in [1.807, 2.05) is 0 Å². The molecular formula is C14H26N4O3. The average molecular weight is 298 g/mol. The first-order valence-electron chi connectivity index (χ1n) is 7.39. The van der Waals surface area contributed by atoms with Crippen LogP contribution in [0, 0.1) is 11.3 Å². The zero-order valence-corrected chi connectivity index (χ0v) is 12.8. The van der Waals surface area contributed by atoms with Gasteiger partial charge in [0.15, 0.2) is 0 Å². The largest absolute Gasteiger partial charge is 0.380 e. The number of nitrogens with zero attached hydrogens (tertiary/aromatic N) is 3. The number of methoxy groups -OCH3 is 1. The van der Waals surface area contributed by atoms with Crippen molar-refractivity contribution in [3.63, 3.8) is 0 Å². The van der Waals surface area contributed by atoms with Crippen molar-refractivity contribution in [2.75, 3.05) is 59.6 Å². The highest BCUT2D eigenvalue weighted by molar-refractivity contribution is 5.76. The van der Waals surface area contributed by atoms with Gasteiger partial charge in [0.2, 0.25) is 5.91 Å². The smallest absolute Gasteiger partial charge is 0.225 e. The standard InChI is InChI=1S/C14H26N4O3/c1-20-13(12-16)11-14(19)18(4-2-3-15)6-5-17-7-9-21-10-8-17/h13H,2,4-12,16H2,1H3. The van der Waals surface area contributed by atoms with Crippen LogP contribution in [-0.2, 0) is 14.3 Å². The van der Waals surface area contributed by atoms with Gasteiger partial charge in [0.25, 0.3) is 0 Å². The minimum absolute atomic E-state index is 0.00388. The molecule has 1 aliphatic rings. The maximum atomic E-state index is 12.3. The topological polar surface area (TPSA) is 91.8 Å². The van der Waals surface area contributed by atoms with Gasteiger partial charge in [0, 0.05) is 46.4 Å². The summed E-state index contributed by atoms with van der Waals surface area (Å²) in [6, 6.07) is 2.09. The molecule has 1 unspecified atom stereocenters. The molecule has 1 saturated heterocycles. The second kappa shape index (κ2) is 10.5. The Morgan fingerprint density at radius 2 is 2.19 bits per heavy atom. The second-order valence-corrected chi connectivity index (χ2v) is 5.04. The number of rotatable bonds is 9. The summed E-state index contributed by atoms with van der Waals surface area (Å²) in [5.74, 6) is -0.00388. The number of morpholine rings is 1. The molecule has 1 fully saturated rings. The fourth-order valence-electron chi connectivity index (χ4n) is 2.22. The van der Waals surface area contributed by atoms with Crippen molar-refractivity contribution in [1.29, 1.82) is 5.26 Å². The Morgan fingerprint density at radius 3 is 2.76 bits per heavy atom. The van der Waals surface area contributed by atoms with E-state index in [2.05, 4.69) is 11.0 Å². The van der Waals surface area contributed by atoms with Crippen molar-refractivity contribution >= 4 is 5.91 Å². The Morgan fingerprint density at radius 1 is 1.48 bits per heavy atom. The van der Waals surface area contributed by atoms with Crippen LogP contribution in [0.3, 0.4) is 0 Å². The van der Waals surface area contributed by atoms with E-state index in [0.717, 1.165) is 32.8 Å². The van der Waals surface area contributed by atoms with E-state index >= 15 is 0 Å². The molecule has 0 aromatic rings. The molecule has 1 amide bonds. The fraction of sp³-hybridized carbons (Fsp3) is 0.857. The molecule has 1 atom stereocenters. The van der Waals surface area contributed by atoms with E-state index < -0.39 is 0 Å². The van der Waals surface area contributed by atoms with Crippen LogP contribution in [0.25, 0.3) is 0 Å². The van der Waals surface area contributed by atoms with Gasteiger partial charge in [-0.1, -0.05) is 0 Å². The lowest BCUT2D eigenvalue weighted by Crippen LogP contribution is -2.44. The Labute approximate surface area is 126 Å². The summed E-state index contributed by atoms with van der Waals surface area (Å²) in [6.07, 6.45) is 0.349. The molecule has 0 aromatic carbocycles. The van der Waals surface area contributed by atoms with E-state index in [1.165, 1.54) is 0 Å². The first kappa shape index (κ1) is 17.9. The van der Waals surface area contributed by atoms with Gasteiger partial charge >= 0.3 is 0 Å². The molecule has 7 heteroatoms. The Balaban J connectivity index is 2.45. The zero-order chi connectivity index (χ0) is 15.5. The molecule has 0 radical (unpaired) electrons. The van der Waals surface area contributed by atoms with Crippen LogP contribution in [-0.4, -0.2) is 81.4 Å². The van der Waals surface area contributed by atoms with Crippen molar-refractivity contribution in [3.8, 4) is 6.07 Å². The number of amides is 1. The lowest BCUT2D eigenvalue weighted by Gasteiger charge is -2.30. The van der Waals surface area contributed by atoms with Crippen molar-refractivity contribution < 1.29 is 14.3 Å². The molecule has 1 aliphatic heterocycles. The summed E-state index contributed by atoms with van der Waals surface area (Å²) in [5.41, 5.74) is 5.55. The molecule has 7 nitrogen and oxygen atoms in total. The van der Waals surface area contributed by atoms with Crippen LogP contribution < -0.4 is 5.73 Å². The minimum Gasteiger partial charge on any atom is -0.380 e. The highest BCUT2D eigenvalue weighted by atomic mass is 16.5. The van der Waals surface area contributed by atoms with Gasteiger partial charge in [-0.2, -0.15) is 5.26 Å². The number of nitriles is 1. The summed E-state index contributed by atoms with van der Waals surface area (Å²) in [6.45, 7) is 5.48. The van der Waals surface area contributed by atoms with Gasteiger partial charge < -0.3 is 20.1 Å². The van der Waals surface area contributed by atoms with Gasteiger partial charge in [-0.3, -0.25) is 9.69 Å². The molecule has 1 heterocycles. The van der Waals surface area contributed by atoms with Crippen molar-refractivity contribution in [2.45, 2.75) is 18.9 Å². The predicted molar refractivity (Wildman–Crippen MR) is 78.5 cm³/mol. The molecule has 0 aromatic heterocycles. The zero-order valence-electron chi connectivity index (χ0n) is 12.8. The monoisotopic (exact) mass is 298 g/mol. The van der Waals surface area contributed by atoms with Crippen molar-refractivity contribution in [3.05, 3.63) is 0 Å². The van der Waals surface area contributed by atoms with E-state index in [4.69, 9.17) is 20.5 Å². The molecule has 1 rings (SSSR count). The van der Waals surface area contributed by atoms with Crippen LogP contribution in [0.4, 0.5) is 0 Å². The summed E-state index contributed by atoms with van der Waals surface area (Å²) in [5, 5.41) is 8.73. The molecule has 0 aliphatic carbocycles. The Hall–Kier alpha value is -1.20. The van der Waals surface area contributed by atoms with Gasteiger partial charge in [-0.05, 0) is 0 Å². The Bertz CT molecular complexity index is 336. The van der Waals surface area contributed by atoms with Crippen LogP contribution in [0.5, 0.6) is 0 Å².